The number of nitrogen functional groups attached to an aromatic ring is 1. The molecule has 0 bridgehead atoms. The van der Waals surface area contributed by atoms with Crippen LogP contribution in [0.15, 0.2) is 30.5 Å². The van der Waals surface area contributed by atoms with Crippen molar-refractivity contribution in [3.8, 4) is 0 Å². The van der Waals surface area contributed by atoms with Gasteiger partial charge in [0.15, 0.2) is 0 Å². The molecule has 0 radical (unpaired) electrons. The van der Waals surface area contributed by atoms with Crippen molar-refractivity contribution in [1.29, 1.82) is 0 Å². The van der Waals surface area contributed by atoms with Gasteiger partial charge in [-0.1, -0.05) is 32.0 Å². The summed E-state index contributed by atoms with van der Waals surface area (Å²) in [5, 5.41) is 4.70. The van der Waals surface area contributed by atoms with Crippen molar-refractivity contribution in [2.24, 2.45) is 5.41 Å². The van der Waals surface area contributed by atoms with Gasteiger partial charge in [-0.15, -0.1) is 0 Å². The number of fused-ring (bicyclic) bond motifs is 1. The fourth-order valence-corrected chi connectivity index (χ4v) is 3.11. The molecular weight excluding hydrogens is 262 g/mol. The van der Waals surface area contributed by atoms with Gasteiger partial charge >= 0.3 is 0 Å². The summed E-state index contributed by atoms with van der Waals surface area (Å²) in [6.45, 7) is 7.30. The van der Waals surface area contributed by atoms with Crippen LogP contribution in [0.1, 0.15) is 27.2 Å². The number of anilines is 2. The van der Waals surface area contributed by atoms with Crippen LogP contribution in [0, 0.1) is 5.41 Å². The van der Waals surface area contributed by atoms with Crippen LogP contribution in [0.3, 0.4) is 0 Å². The first kappa shape index (κ1) is 14.1. The summed E-state index contributed by atoms with van der Waals surface area (Å²) in [5.41, 5.74) is 8.90. The van der Waals surface area contributed by atoms with Gasteiger partial charge in [-0.05, 0) is 19.4 Å². The Kier molecular flexibility index (Phi) is 3.49. The molecule has 0 aliphatic heterocycles. The van der Waals surface area contributed by atoms with Gasteiger partial charge < -0.3 is 15.8 Å². The van der Waals surface area contributed by atoms with Gasteiger partial charge in [-0.3, -0.25) is 4.98 Å². The van der Waals surface area contributed by atoms with Crippen LogP contribution in [-0.2, 0) is 4.74 Å². The predicted molar refractivity (Wildman–Crippen MR) is 87.4 cm³/mol. The zero-order chi connectivity index (χ0) is 15.0. The number of ether oxygens (including phenoxy) is 1. The molecule has 2 unspecified atom stereocenters. The lowest BCUT2D eigenvalue weighted by Crippen LogP contribution is -2.58. The largest absolute Gasteiger partial charge is 0.396 e. The first-order valence-corrected chi connectivity index (χ1v) is 7.55. The highest BCUT2D eigenvalue weighted by molar-refractivity contribution is 5.97. The molecule has 3 N–H and O–H groups in total. The van der Waals surface area contributed by atoms with Gasteiger partial charge in [0.05, 0.1) is 29.2 Å². The van der Waals surface area contributed by atoms with Crippen LogP contribution in [0.5, 0.6) is 0 Å². The lowest BCUT2D eigenvalue weighted by atomic mass is 9.64. The van der Waals surface area contributed by atoms with Crippen LogP contribution in [0.4, 0.5) is 11.4 Å². The zero-order valence-corrected chi connectivity index (χ0v) is 12.9. The molecule has 2 aromatic rings. The molecule has 1 heterocycles. The van der Waals surface area contributed by atoms with Crippen molar-refractivity contribution in [2.45, 2.75) is 39.3 Å². The summed E-state index contributed by atoms with van der Waals surface area (Å²) in [6, 6.07) is 8.45. The third-order valence-corrected chi connectivity index (χ3v) is 4.67. The Hall–Kier alpha value is -1.81. The molecule has 1 aliphatic rings. The van der Waals surface area contributed by atoms with E-state index in [9.17, 15) is 0 Å². The molecule has 0 amide bonds. The summed E-state index contributed by atoms with van der Waals surface area (Å²) in [7, 11) is 0. The SMILES string of the molecule is CCOC1CC(Nc2c(N)cnc3ccccc23)C1(C)C. The van der Waals surface area contributed by atoms with E-state index in [0.29, 0.717) is 17.8 Å². The average Bonchev–Trinajstić information content (AvgIpc) is 2.48. The third kappa shape index (κ3) is 2.33. The van der Waals surface area contributed by atoms with E-state index in [1.54, 1.807) is 6.20 Å². The van der Waals surface area contributed by atoms with Crippen molar-refractivity contribution in [3.63, 3.8) is 0 Å². The van der Waals surface area contributed by atoms with Gasteiger partial charge in [-0.25, -0.2) is 0 Å². The van der Waals surface area contributed by atoms with Crippen LogP contribution < -0.4 is 11.1 Å². The lowest BCUT2D eigenvalue weighted by molar-refractivity contribution is -0.0975. The normalized spacial score (nSPS) is 23.8. The summed E-state index contributed by atoms with van der Waals surface area (Å²) in [4.78, 5) is 4.38. The number of rotatable bonds is 4. The lowest BCUT2D eigenvalue weighted by Gasteiger charge is -2.52. The maximum absolute atomic E-state index is 6.14. The van der Waals surface area contributed by atoms with Gasteiger partial charge in [0.2, 0.25) is 0 Å². The van der Waals surface area contributed by atoms with Crippen LogP contribution >= 0.6 is 0 Å². The molecule has 4 heteroatoms. The number of benzene rings is 1. The molecule has 21 heavy (non-hydrogen) atoms. The summed E-state index contributed by atoms with van der Waals surface area (Å²) in [6.07, 6.45) is 3.06. The second-order valence-electron chi connectivity index (χ2n) is 6.30. The standard InChI is InChI=1S/C17H23N3O/c1-4-21-15-9-14(17(15,2)3)20-16-11-7-5-6-8-13(11)19-10-12(16)18/h5-8,10,14-15H,4,9,18H2,1-3H3,(H,19,20). The number of para-hydroxylation sites is 1. The molecule has 3 rings (SSSR count). The number of nitrogens with one attached hydrogen (secondary N) is 1. The van der Waals surface area contributed by atoms with Gasteiger partial charge in [0, 0.05) is 23.4 Å². The van der Waals surface area contributed by atoms with Crippen molar-refractivity contribution >= 4 is 22.3 Å². The number of hydrogen-bond donors (Lipinski definition) is 2. The fourth-order valence-electron chi connectivity index (χ4n) is 3.11. The topological polar surface area (TPSA) is 60.2 Å². The average molecular weight is 285 g/mol. The third-order valence-electron chi connectivity index (χ3n) is 4.67. The van der Waals surface area contributed by atoms with Crippen LogP contribution in [0.2, 0.25) is 0 Å². The summed E-state index contributed by atoms with van der Waals surface area (Å²) < 4.78 is 5.80. The van der Waals surface area contributed by atoms with E-state index in [0.717, 1.165) is 29.6 Å². The van der Waals surface area contributed by atoms with Crippen LogP contribution in [0.25, 0.3) is 10.9 Å². The van der Waals surface area contributed by atoms with E-state index >= 15 is 0 Å². The Morgan fingerprint density at radius 2 is 2.14 bits per heavy atom. The van der Waals surface area contributed by atoms with Crippen LogP contribution in [-0.4, -0.2) is 23.7 Å². The van der Waals surface area contributed by atoms with E-state index in [4.69, 9.17) is 10.5 Å². The molecule has 112 valence electrons. The van der Waals surface area contributed by atoms with Crippen molar-refractivity contribution in [1.82, 2.24) is 4.98 Å². The second kappa shape index (κ2) is 5.19. The number of nitrogens with two attached hydrogens (primary N) is 1. The van der Waals surface area contributed by atoms with E-state index in [1.165, 1.54) is 0 Å². The second-order valence-corrected chi connectivity index (χ2v) is 6.30. The number of pyridine rings is 1. The Balaban J connectivity index is 1.88. The fraction of sp³-hybridized carbons (Fsp3) is 0.471. The predicted octanol–water partition coefficient (Wildman–Crippen LogP) is 3.43. The highest BCUT2D eigenvalue weighted by Gasteiger charge is 2.49. The molecule has 1 fully saturated rings. The van der Waals surface area contributed by atoms with Crippen molar-refractivity contribution < 1.29 is 4.74 Å². The number of hydrogen-bond acceptors (Lipinski definition) is 4. The van der Waals surface area contributed by atoms with Crippen molar-refractivity contribution in [2.75, 3.05) is 17.7 Å². The van der Waals surface area contributed by atoms with Crippen molar-refractivity contribution in [3.05, 3.63) is 30.5 Å². The molecular formula is C17H23N3O. The maximum atomic E-state index is 6.14. The van der Waals surface area contributed by atoms with E-state index < -0.39 is 0 Å². The minimum atomic E-state index is 0.104. The Morgan fingerprint density at radius 1 is 1.38 bits per heavy atom. The molecule has 0 spiro atoms. The molecule has 0 saturated heterocycles. The Morgan fingerprint density at radius 3 is 2.86 bits per heavy atom. The molecule has 4 nitrogen and oxygen atoms in total. The van der Waals surface area contributed by atoms with Gasteiger partial charge in [-0.2, -0.15) is 0 Å². The molecule has 1 aromatic heterocycles. The molecule has 2 atom stereocenters. The van der Waals surface area contributed by atoms with E-state index in [-0.39, 0.29) is 5.41 Å². The maximum Gasteiger partial charge on any atom is 0.0743 e. The van der Waals surface area contributed by atoms with Gasteiger partial charge in [0.1, 0.15) is 0 Å². The number of aromatic nitrogens is 1. The highest BCUT2D eigenvalue weighted by atomic mass is 16.5. The Labute approximate surface area is 125 Å². The minimum absolute atomic E-state index is 0.104. The summed E-state index contributed by atoms with van der Waals surface area (Å²) >= 11 is 0. The molecule has 1 aromatic carbocycles. The molecule has 1 saturated carbocycles. The first-order valence-electron chi connectivity index (χ1n) is 7.55. The zero-order valence-electron chi connectivity index (χ0n) is 12.9. The smallest absolute Gasteiger partial charge is 0.0743 e. The Bertz CT molecular complexity index is 654. The minimum Gasteiger partial charge on any atom is -0.396 e. The molecule has 1 aliphatic carbocycles. The highest BCUT2D eigenvalue weighted by Crippen LogP contribution is 2.45. The monoisotopic (exact) mass is 285 g/mol. The quantitative estimate of drug-likeness (QED) is 0.903. The first-order chi connectivity index (χ1) is 10.0. The van der Waals surface area contributed by atoms with Gasteiger partial charge in [0.25, 0.3) is 0 Å². The summed E-state index contributed by atoms with van der Waals surface area (Å²) in [5.74, 6) is 0. The van der Waals surface area contributed by atoms with E-state index in [1.807, 2.05) is 25.1 Å². The number of nitrogens with zero attached hydrogens (tertiary/aromatic N) is 1. The van der Waals surface area contributed by atoms with E-state index in [2.05, 4.69) is 30.2 Å².